The zero-order chi connectivity index (χ0) is 25.9. The van der Waals surface area contributed by atoms with E-state index < -0.39 is 0 Å². The molecule has 0 amide bonds. The second kappa shape index (κ2) is 13.8. The third-order valence-electron chi connectivity index (χ3n) is 6.05. The van der Waals surface area contributed by atoms with E-state index in [0.29, 0.717) is 5.41 Å². The molecule has 3 aromatic carbocycles. The third kappa shape index (κ3) is 10.1. The van der Waals surface area contributed by atoms with Gasteiger partial charge in [-0.25, -0.2) is 6.07 Å². The van der Waals surface area contributed by atoms with E-state index in [4.69, 9.17) is 0 Å². The third-order valence-corrected chi connectivity index (χ3v) is 6.05. The van der Waals surface area contributed by atoms with Crippen LogP contribution in [0.1, 0.15) is 104 Å². The van der Waals surface area contributed by atoms with Crippen molar-refractivity contribution in [3.8, 4) is 11.1 Å². The van der Waals surface area contributed by atoms with Gasteiger partial charge < -0.3 is 24.8 Å². The van der Waals surface area contributed by atoms with Crippen molar-refractivity contribution in [3.05, 3.63) is 88.5 Å². The molecule has 0 aliphatic heterocycles. The Morgan fingerprint density at radius 1 is 0.750 bits per heavy atom. The van der Waals surface area contributed by atoms with Gasteiger partial charge in [-0.2, -0.15) is 53.1 Å². The van der Waals surface area contributed by atoms with Crippen LogP contribution in [0.3, 0.4) is 0 Å². The summed E-state index contributed by atoms with van der Waals surface area (Å²) in [4.78, 5) is 0. The minimum absolute atomic E-state index is 0. The minimum Gasteiger partial charge on any atom is -1.00 e. The molecule has 0 saturated carbocycles. The van der Waals surface area contributed by atoms with Gasteiger partial charge in [0.05, 0.1) is 0 Å². The summed E-state index contributed by atoms with van der Waals surface area (Å²) in [5.41, 5.74) is 10.5. The zero-order valence-corrected chi connectivity index (χ0v) is 28.1. The molecule has 36 heavy (non-hydrogen) atoms. The second-order valence-electron chi connectivity index (χ2n) is 12.8. The first-order valence-corrected chi connectivity index (χ1v) is 13.7. The summed E-state index contributed by atoms with van der Waals surface area (Å²) in [5, 5.41) is 0. The van der Waals surface area contributed by atoms with E-state index in [2.05, 4.69) is 137 Å². The number of hydrogen-bond donors (Lipinski definition) is 0. The van der Waals surface area contributed by atoms with Gasteiger partial charge in [0.15, 0.2) is 0 Å². The molecule has 3 heteroatoms. The maximum Gasteiger partial charge on any atom is -1.00 e. The van der Waals surface area contributed by atoms with Crippen molar-refractivity contribution < 1.29 is 49.0 Å². The van der Waals surface area contributed by atoms with Crippen LogP contribution >= 0.6 is 0 Å². The molecule has 4 rings (SSSR count). The van der Waals surface area contributed by atoms with Gasteiger partial charge in [-0.3, -0.25) is 0 Å². The Labute approximate surface area is 249 Å². The number of fused-ring (bicyclic) bond motifs is 3. The molecule has 0 saturated heterocycles. The Hall–Kier alpha value is -0.877. The summed E-state index contributed by atoms with van der Waals surface area (Å²) in [6.07, 6.45) is 1.03. The second-order valence-corrected chi connectivity index (χ2v) is 15.2. The molecule has 0 heterocycles. The molecule has 0 spiro atoms. The molecular weight excluding hydrogens is 558 g/mol. The van der Waals surface area contributed by atoms with Crippen LogP contribution in [0, 0.1) is 6.07 Å². The van der Waals surface area contributed by atoms with Gasteiger partial charge in [-0.15, -0.1) is 5.56 Å². The molecule has 0 nitrogen and oxygen atoms in total. The van der Waals surface area contributed by atoms with Gasteiger partial charge in [0.2, 0.25) is 0 Å². The fraction of sp³-hybridized carbons (Fsp3) is 0.455. The van der Waals surface area contributed by atoms with Crippen molar-refractivity contribution in [2.75, 3.05) is 0 Å². The van der Waals surface area contributed by atoms with Crippen molar-refractivity contribution >= 4 is 3.21 Å². The summed E-state index contributed by atoms with van der Waals surface area (Å²) in [7, 11) is 0. The van der Waals surface area contributed by atoms with E-state index in [9.17, 15) is 0 Å². The van der Waals surface area contributed by atoms with Gasteiger partial charge in [-0.1, -0.05) is 102 Å². The van der Waals surface area contributed by atoms with E-state index in [1.165, 1.54) is 42.2 Å². The van der Waals surface area contributed by atoms with Crippen molar-refractivity contribution in [1.82, 2.24) is 0 Å². The fourth-order valence-electron chi connectivity index (χ4n) is 3.86. The standard InChI is InChI=1S/C21H25.C9H13.C3H6.2ClH.Zr/c1-20(2,3)16-9-7-14-11-15-8-10-17(21(4,5)6)13-19(15)18(14)12-16;1-9(2,3)8-6-4-5-7-8;1-3-2;;;/h7,9-10,12-13H,11H2,1-6H3;4-7H,1-3H3;1-2H3;2*1H;/q2*-1;;;;+2/p-2. The van der Waals surface area contributed by atoms with Gasteiger partial charge in [0.1, 0.15) is 0 Å². The van der Waals surface area contributed by atoms with E-state index in [0.717, 1.165) is 6.42 Å². The van der Waals surface area contributed by atoms with Crippen LogP contribution in [-0.4, -0.2) is 3.21 Å². The van der Waals surface area contributed by atoms with Crippen molar-refractivity contribution in [1.29, 1.82) is 0 Å². The molecular formula is C33H44Cl2Zr-2. The topological polar surface area (TPSA) is 0 Å². The summed E-state index contributed by atoms with van der Waals surface area (Å²) < 4.78 is 1.51. The summed E-state index contributed by atoms with van der Waals surface area (Å²) >= 11 is 1.55. The monoisotopic (exact) mass is 600 g/mol. The van der Waals surface area contributed by atoms with E-state index in [1.54, 1.807) is 24.2 Å². The maximum atomic E-state index is 3.53. The SMILES string of the molecule is CC(C)(C)c1c[c-]c2c(c1)-c1cc(C(C)(C)C)ccc1C2.CC(C)(C)c1cc[cH-]c1.C[C](C)=[Zr+2].[Cl-].[Cl-]. The molecule has 0 N–H and O–H groups in total. The number of rotatable bonds is 0. The van der Waals surface area contributed by atoms with Crippen molar-refractivity contribution in [2.45, 2.75) is 98.8 Å². The molecule has 1 aliphatic rings. The minimum atomic E-state index is 0. The molecule has 0 bridgehead atoms. The maximum absolute atomic E-state index is 3.53. The molecule has 0 fully saturated rings. The summed E-state index contributed by atoms with van der Waals surface area (Å²) in [5.74, 6) is 0. The number of hydrogen-bond acceptors (Lipinski definition) is 0. The predicted octanol–water partition coefficient (Wildman–Crippen LogP) is 3.11. The van der Waals surface area contributed by atoms with Gasteiger partial charge in [-0.05, 0) is 17.4 Å². The van der Waals surface area contributed by atoms with Crippen LogP contribution in [0.25, 0.3) is 11.1 Å². The summed E-state index contributed by atoms with van der Waals surface area (Å²) in [6.45, 7) is 24.6. The van der Waals surface area contributed by atoms with Crippen LogP contribution in [0.2, 0.25) is 0 Å². The predicted molar refractivity (Wildman–Crippen MR) is 148 cm³/mol. The van der Waals surface area contributed by atoms with Crippen molar-refractivity contribution in [2.24, 2.45) is 0 Å². The molecule has 3 aromatic rings. The first-order chi connectivity index (χ1) is 15.5. The molecule has 0 aromatic heterocycles. The van der Waals surface area contributed by atoms with Crippen LogP contribution in [-0.2, 0) is 46.9 Å². The van der Waals surface area contributed by atoms with Gasteiger partial charge in [0, 0.05) is 0 Å². The summed E-state index contributed by atoms with van der Waals surface area (Å²) in [6, 6.07) is 23.6. The molecule has 0 radical (unpaired) electrons. The molecule has 0 atom stereocenters. The van der Waals surface area contributed by atoms with Gasteiger partial charge >= 0.3 is 41.3 Å². The van der Waals surface area contributed by atoms with Crippen LogP contribution in [0.15, 0.2) is 54.6 Å². The Morgan fingerprint density at radius 3 is 1.67 bits per heavy atom. The largest absolute Gasteiger partial charge is 1.00 e. The van der Waals surface area contributed by atoms with Crippen LogP contribution in [0.4, 0.5) is 0 Å². The molecule has 196 valence electrons. The fourth-order valence-corrected chi connectivity index (χ4v) is 3.86. The van der Waals surface area contributed by atoms with Crippen molar-refractivity contribution in [3.63, 3.8) is 0 Å². The average molecular weight is 603 g/mol. The molecule has 1 aliphatic carbocycles. The van der Waals surface area contributed by atoms with E-state index >= 15 is 0 Å². The smallest absolute Gasteiger partial charge is 1.00 e. The Kier molecular flexibility index (Phi) is 13.4. The Balaban J connectivity index is 0.000000686. The van der Waals surface area contributed by atoms with Crippen LogP contribution in [0.5, 0.6) is 0 Å². The quantitative estimate of drug-likeness (QED) is 0.272. The number of benzene rings is 2. The van der Waals surface area contributed by atoms with Crippen LogP contribution < -0.4 is 24.8 Å². The Morgan fingerprint density at radius 2 is 1.25 bits per heavy atom. The first-order valence-electron chi connectivity index (χ1n) is 12.4. The van der Waals surface area contributed by atoms with E-state index in [1.807, 2.05) is 0 Å². The first kappa shape index (κ1) is 35.1. The Bertz CT molecular complexity index is 1040. The normalized spacial score (nSPS) is 11.9. The van der Waals surface area contributed by atoms with Gasteiger partial charge in [0.25, 0.3) is 0 Å². The molecule has 0 unspecified atom stereocenters. The zero-order valence-electron chi connectivity index (χ0n) is 24.2. The average Bonchev–Trinajstić information content (AvgIpc) is 3.33. The number of halogens is 2. The van der Waals surface area contributed by atoms with E-state index in [-0.39, 0.29) is 35.6 Å².